The molecule has 7 heteroatoms. The molecule has 138 valence electrons. The molecule has 1 heterocycles. The molecule has 1 fully saturated rings. The number of halogens is 2. The van der Waals surface area contributed by atoms with E-state index in [-0.39, 0.29) is 24.1 Å². The van der Waals surface area contributed by atoms with Gasteiger partial charge < -0.3 is 16.0 Å². The number of nitrogens with one attached hydrogen (secondary N) is 1. The molecular weight excluding hydrogens is 328 g/mol. The summed E-state index contributed by atoms with van der Waals surface area (Å²) in [5.41, 5.74) is 5.69. The zero-order valence-corrected chi connectivity index (χ0v) is 14.4. The number of hydrogen-bond donors (Lipinski definition) is 2. The fourth-order valence-corrected chi connectivity index (χ4v) is 3.04. The molecule has 1 aliphatic rings. The molecule has 2 amide bonds. The standard InChI is InChI=1S/C18H25F2N3O2/c1-12(21)13-6-9-23(10-7-13)17(24)3-2-8-22-18(25)15-5-4-14(19)11-16(15)20/h4-5,11-13H,2-3,6-10,21H2,1H3,(H,22,25). The Morgan fingerprint density at radius 2 is 2.00 bits per heavy atom. The minimum absolute atomic E-state index is 0.0605. The third-order valence-corrected chi connectivity index (χ3v) is 4.66. The van der Waals surface area contributed by atoms with Gasteiger partial charge in [0.05, 0.1) is 5.56 Å². The molecule has 5 nitrogen and oxygen atoms in total. The summed E-state index contributed by atoms with van der Waals surface area (Å²) in [6, 6.07) is 2.96. The summed E-state index contributed by atoms with van der Waals surface area (Å²) >= 11 is 0. The van der Waals surface area contributed by atoms with Gasteiger partial charge in [-0.1, -0.05) is 0 Å². The number of piperidine rings is 1. The number of nitrogens with zero attached hydrogens (tertiary/aromatic N) is 1. The monoisotopic (exact) mass is 353 g/mol. The molecule has 0 spiro atoms. The van der Waals surface area contributed by atoms with Gasteiger partial charge in [-0.05, 0) is 44.2 Å². The van der Waals surface area contributed by atoms with Gasteiger partial charge in [0.25, 0.3) is 5.91 Å². The van der Waals surface area contributed by atoms with Gasteiger partial charge in [0, 0.05) is 38.2 Å². The van der Waals surface area contributed by atoms with Crippen LogP contribution in [0, 0.1) is 17.6 Å². The van der Waals surface area contributed by atoms with E-state index in [1.807, 2.05) is 11.8 Å². The van der Waals surface area contributed by atoms with Crippen LogP contribution < -0.4 is 11.1 Å². The smallest absolute Gasteiger partial charge is 0.254 e. The molecule has 25 heavy (non-hydrogen) atoms. The van der Waals surface area contributed by atoms with E-state index in [0.29, 0.717) is 24.8 Å². The van der Waals surface area contributed by atoms with Crippen molar-refractivity contribution >= 4 is 11.8 Å². The van der Waals surface area contributed by atoms with Gasteiger partial charge in [0.15, 0.2) is 0 Å². The summed E-state index contributed by atoms with van der Waals surface area (Å²) in [7, 11) is 0. The van der Waals surface area contributed by atoms with Crippen molar-refractivity contribution < 1.29 is 18.4 Å². The summed E-state index contributed by atoms with van der Waals surface area (Å²) in [5.74, 6) is -1.71. The van der Waals surface area contributed by atoms with Crippen LogP contribution in [0.1, 0.15) is 43.0 Å². The molecule has 2 rings (SSSR count). The first-order valence-corrected chi connectivity index (χ1v) is 8.65. The van der Waals surface area contributed by atoms with Gasteiger partial charge in [0.2, 0.25) is 5.91 Å². The molecule has 1 aliphatic heterocycles. The summed E-state index contributed by atoms with van der Waals surface area (Å²) in [6.45, 7) is 3.70. The summed E-state index contributed by atoms with van der Waals surface area (Å²) in [4.78, 5) is 25.8. The molecule has 1 aromatic carbocycles. The average Bonchev–Trinajstić information content (AvgIpc) is 2.58. The first kappa shape index (κ1) is 19.3. The molecule has 0 bridgehead atoms. The molecule has 0 radical (unpaired) electrons. The average molecular weight is 353 g/mol. The number of benzene rings is 1. The first-order chi connectivity index (χ1) is 11.9. The Morgan fingerprint density at radius 1 is 1.32 bits per heavy atom. The quantitative estimate of drug-likeness (QED) is 0.769. The number of hydrogen-bond acceptors (Lipinski definition) is 3. The maximum absolute atomic E-state index is 13.5. The van der Waals surface area contributed by atoms with Crippen molar-refractivity contribution in [3.63, 3.8) is 0 Å². The number of carbonyl (C=O) groups is 2. The lowest BCUT2D eigenvalue weighted by Gasteiger charge is -2.33. The zero-order valence-electron chi connectivity index (χ0n) is 14.4. The second-order valence-electron chi connectivity index (χ2n) is 6.56. The first-order valence-electron chi connectivity index (χ1n) is 8.65. The number of rotatable bonds is 6. The molecule has 1 aromatic rings. The Kier molecular flexibility index (Phi) is 6.87. The molecule has 1 saturated heterocycles. The van der Waals surface area contributed by atoms with Crippen molar-refractivity contribution in [3.8, 4) is 0 Å². The Bertz CT molecular complexity index is 614. The topological polar surface area (TPSA) is 75.4 Å². The molecule has 0 saturated carbocycles. The van der Waals surface area contributed by atoms with E-state index in [0.717, 1.165) is 38.1 Å². The predicted molar refractivity (Wildman–Crippen MR) is 90.9 cm³/mol. The molecule has 1 atom stereocenters. The van der Waals surface area contributed by atoms with Crippen molar-refractivity contribution in [1.82, 2.24) is 10.2 Å². The third kappa shape index (κ3) is 5.49. The van der Waals surface area contributed by atoms with E-state index >= 15 is 0 Å². The fraction of sp³-hybridized carbons (Fsp3) is 0.556. The highest BCUT2D eigenvalue weighted by Crippen LogP contribution is 2.20. The number of amides is 2. The van der Waals surface area contributed by atoms with Crippen molar-refractivity contribution in [3.05, 3.63) is 35.4 Å². The summed E-state index contributed by atoms with van der Waals surface area (Å²) < 4.78 is 26.3. The normalized spacial score (nSPS) is 16.6. The molecular formula is C18H25F2N3O2. The van der Waals surface area contributed by atoms with E-state index in [9.17, 15) is 18.4 Å². The van der Waals surface area contributed by atoms with Crippen LogP contribution in [0.2, 0.25) is 0 Å². The SMILES string of the molecule is CC(N)C1CCN(C(=O)CCCNC(=O)c2ccc(F)cc2F)CC1. The highest BCUT2D eigenvalue weighted by atomic mass is 19.1. The highest BCUT2D eigenvalue weighted by Gasteiger charge is 2.24. The van der Waals surface area contributed by atoms with E-state index in [1.165, 1.54) is 0 Å². The van der Waals surface area contributed by atoms with Gasteiger partial charge in [0.1, 0.15) is 11.6 Å². The van der Waals surface area contributed by atoms with Crippen molar-refractivity contribution in [1.29, 1.82) is 0 Å². The van der Waals surface area contributed by atoms with Gasteiger partial charge in [-0.2, -0.15) is 0 Å². The maximum atomic E-state index is 13.5. The summed E-state index contributed by atoms with van der Waals surface area (Å²) in [5, 5.41) is 2.55. The number of carbonyl (C=O) groups excluding carboxylic acids is 2. The van der Waals surface area contributed by atoms with Gasteiger partial charge >= 0.3 is 0 Å². The Morgan fingerprint density at radius 3 is 2.60 bits per heavy atom. The lowest BCUT2D eigenvalue weighted by Crippen LogP contribution is -2.42. The van der Waals surface area contributed by atoms with Gasteiger partial charge in [-0.15, -0.1) is 0 Å². The molecule has 0 aromatic heterocycles. The minimum Gasteiger partial charge on any atom is -0.352 e. The lowest BCUT2D eigenvalue weighted by atomic mass is 9.91. The van der Waals surface area contributed by atoms with Crippen LogP contribution in [0.15, 0.2) is 18.2 Å². The minimum atomic E-state index is -0.898. The number of nitrogens with two attached hydrogens (primary N) is 1. The molecule has 1 unspecified atom stereocenters. The lowest BCUT2D eigenvalue weighted by molar-refractivity contribution is -0.132. The largest absolute Gasteiger partial charge is 0.352 e. The van der Waals surface area contributed by atoms with Crippen molar-refractivity contribution in [2.75, 3.05) is 19.6 Å². The second-order valence-corrected chi connectivity index (χ2v) is 6.56. The zero-order chi connectivity index (χ0) is 18.4. The Balaban J connectivity index is 1.69. The summed E-state index contributed by atoms with van der Waals surface area (Å²) in [6.07, 6.45) is 2.64. The van der Waals surface area contributed by atoms with Crippen LogP contribution in [-0.4, -0.2) is 42.4 Å². The Labute approximate surface area is 146 Å². The van der Waals surface area contributed by atoms with E-state index in [1.54, 1.807) is 0 Å². The van der Waals surface area contributed by atoms with Gasteiger partial charge in [-0.25, -0.2) is 8.78 Å². The fourth-order valence-electron chi connectivity index (χ4n) is 3.04. The molecule has 3 N–H and O–H groups in total. The van der Waals surface area contributed by atoms with Crippen LogP contribution in [-0.2, 0) is 4.79 Å². The van der Waals surface area contributed by atoms with Crippen molar-refractivity contribution in [2.24, 2.45) is 11.7 Å². The van der Waals surface area contributed by atoms with Gasteiger partial charge in [-0.3, -0.25) is 9.59 Å². The van der Waals surface area contributed by atoms with E-state index < -0.39 is 17.5 Å². The van der Waals surface area contributed by atoms with Crippen LogP contribution in [0.5, 0.6) is 0 Å². The Hall–Kier alpha value is -2.02. The predicted octanol–water partition coefficient (Wildman–Crippen LogP) is 2.06. The number of likely N-dealkylation sites (tertiary alicyclic amines) is 1. The van der Waals surface area contributed by atoms with Crippen LogP contribution >= 0.6 is 0 Å². The van der Waals surface area contributed by atoms with Crippen LogP contribution in [0.3, 0.4) is 0 Å². The van der Waals surface area contributed by atoms with E-state index in [2.05, 4.69) is 5.32 Å². The van der Waals surface area contributed by atoms with Crippen molar-refractivity contribution in [2.45, 2.75) is 38.6 Å². The molecule has 0 aliphatic carbocycles. The maximum Gasteiger partial charge on any atom is 0.254 e. The van der Waals surface area contributed by atoms with Crippen LogP contribution in [0.4, 0.5) is 8.78 Å². The van der Waals surface area contributed by atoms with E-state index in [4.69, 9.17) is 5.73 Å². The second kappa shape index (κ2) is 8.89. The highest BCUT2D eigenvalue weighted by molar-refractivity contribution is 5.94. The van der Waals surface area contributed by atoms with Crippen LogP contribution in [0.25, 0.3) is 0 Å². The third-order valence-electron chi connectivity index (χ3n) is 4.66.